The third-order valence-electron chi connectivity index (χ3n) is 4.20. The number of carbonyl (C=O) groups excluding carboxylic acids is 2. The minimum atomic E-state index is -3.14. The molecule has 0 unspecified atom stereocenters. The molecule has 7 heteroatoms. The Balaban J connectivity index is 0.000000352. The Hall–Kier alpha value is -3.84. The molecular formula is C25H24O6Si. The van der Waals surface area contributed by atoms with Crippen molar-refractivity contribution in [1.29, 1.82) is 0 Å². The highest BCUT2D eigenvalue weighted by molar-refractivity contribution is 6.63. The molecule has 1 heterocycles. The van der Waals surface area contributed by atoms with Gasteiger partial charge in [0.25, 0.3) is 0 Å². The van der Waals surface area contributed by atoms with Crippen molar-refractivity contribution in [2.75, 3.05) is 0 Å². The molecule has 3 aromatic rings. The Labute approximate surface area is 188 Å². The summed E-state index contributed by atoms with van der Waals surface area (Å²) in [5.74, 6) is 1.34. The predicted molar refractivity (Wildman–Crippen MR) is 122 cm³/mol. The highest BCUT2D eigenvalue weighted by atomic mass is 28.4. The van der Waals surface area contributed by atoms with Crippen LogP contribution in [0.1, 0.15) is 12.8 Å². The summed E-state index contributed by atoms with van der Waals surface area (Å²) in [4.78, 5) is 20.0. The molecule has 0 saturated carbocycles. The second kappa shape index (κ2) is 11.5. The van der Waals surface area contributed by atoms with Crippen LogP contribution in [0.25, 0.3) is 0 Å². The first-order valence-electron chi connectivity index (χ1n) is 10.2. The van der Waals surface area contributed by atoms with Crippen LogP contribution in [-0.2, 0) is 14.3 Å². The van der Waals surface area contributed by atoms with Crippen LogP contribution in [0.15, 0.2) is 104 Å². The number of benzene rings is 3. The van der Waals surface area contributed by atoms with E-state index in [2.05, 4.69) is 11.3 Å². The Bertz CT molecular complexity index is 893. The molecule has 0 spiro atoms. The van der Waals surface area contributed by atoms with Crippen LogP contribution in [0, 0.1) is 0 Å². The molecule has 1 saturated heterocycles. The van der Waals surface area contributed by atoms with Crippen molar-refractivity contribution in [3.63, 3.8) is 0 Å². The van der Waals surface area contributed by atoms with E-state index >= 15 is 0 Å². The number of para-hydroxylation sites is 3. The van der Waals surface area contributed by atoms with Gasteiger partial charge in [-0.2, -0.15) is 0 Å². The van der Waals surface area contributed by atoms with E-state index in [0.29, 0.717) is 23.3 Å². The summed E-state index contributed by atoms with van der Waals surface area (Å²) < 4.78 is 22.9. The van der Waals surface area contributed by atoms with E-state index in [1.54, 1.807) is 6.08 Å². The zero-order valence-corrected chi connectivity index (χ0v) is 18.5. The number of allylic oxidation sites excluding steroid dienone is 1. The second-order valence-electron chi connectivity index (χ2n) is 6.77. The molecular weight excluding hydrogens is 424 g/mol. The van der Waals surface area contributed by atoms with E-state index < -0.39 is 20.7 Å². The number of hydrogen-bond acceptors (Lipinski definition) is 6. The van der Waals surface area contributed by atoms with Gasteiger partial charge in [0.2, 0.25) is 0 Å². The SMILES string of the molecule is C=CC[Si](Oc1ccccc1)(Oc1ccccc1)Oc1ccccc1.O=C1CCC(=O)O1. The van der Waals surface area contributed by atoms with E-state index in [-0.39, 0.29) is 12.8 Å². The molecule has 4 rings (SSSR count). The van der Waals surface area contributed by atoms with Gasteiger partial charge in [-0.05, 0) is 36.4 Å². The lowest BCUT2D eigenvalue weighted by Gasteiger charge is -2.29. The average Bonchev–Trinajstić information content (AvgIpc) is 3.19. The fourth-order valence-electron chi connectivity index (χ4n) is 2.80. The average molecular weight is 449 g/mol. The Kier molecular flexibility index (Phi) is 8.22. The maximum Gasteiger partial charge on any atom is 0.703 e. The van der Waals surface area contributed by atoms with Crippen LogP contribution in [-0.4, -0.2) is 20.7 Å². The van der Waals surface area contributed by atoms with Gasteiger partial charge in [0, 0.05) is 0 Å². The van der Waals surface area contributed by atoms with Crippen molar-refractivity contribution in [1.82, 2.24) is 0 Å². The van der Waals surface area contributed by atoms with E-state index in [1.807, 2.05) is 91.0 Å². The standard InChI is InChI=1S/C21H20O3Si.C4H4O3/c1-2-18-25(22-19-12-6-3-7-13-19,23-20-14-8-4-9-15-20)24-21-16-10-5-11-17-21;5-3-1-2-4(6)7-3/h2-17H,1,18H2;1-2H2. The van der Waals surface area contributed by atoms with Gasteiger partial charge in [0.1, 0.15) is 17.2 Å². The molecule has 3 aromatic carbocycles. The van der Waals surface area contributed by atoms with Crippen molar-refractivity contribution in [2.45, 2.75) is 18.9 Å². The number of carbonyl (C=O) groups is 2. The van der Waals surface area contributed by atoms with Crippen LogP contribution in [0.5, 0.6) is 17.2 Å². The first-order chi connectivity index (χ1) is 15.6. The highest BCUT2D eigenvalue weighted by Gasteiger charge is 2.48. The summed E-state index contributed by atoms with van der Waals surface area (Å²) in [6.45, 7) is 3.87. The van der Waals surface area contributed by atoms with E-state index in [1.165, 1.54) is 0 Å². The topological polar surface area (TPSA) is 71.1 Å². The molecule has 0 amide bonds. The molecule has 32 heavy (non-hydrogen) atoms. The van der Waals surface area contributed by atoms with E-state index in [0.717, 1.165) is 0 Å². The van der Waals surface area contributed by atoms with Crippen molar-refractivity contribution in [2.24, 2.45) is 0 Å². The fraction of sp³-hybridized carbons (Fsp3) is 0.120. The van der Waals surface area contributed by atoms with Gasteiger partial charge in [0.15, 0.2) is 0 Å². The monoisotopic (exact) mass is 448 g/mol. The van der Waals surface area contributed by atoms with Crippen molar-refractivity contribution in [3.8, 4) is 17.2 Å². The Morgan fingerprint density at radius 3 is 1.28 bits per heavy atom. The number of esters is 2. The summed E-state index contributed by atoms with van der Waals surface area (Å²) in [5, 5.41) is 0. The molecule has 6 nitrogen and oxygen atoms in total. The van der Waals surface area contributed by atoms with E-state index in [9.17, 15) is 9.59 Å². The third kappa shape index (κ3) is 7.14. The van der Waals surface area contributed by atoms with Crippen molar-refractivity contribution >= 4 is 20.7 Å². The fourth-order valence-corrected chi connectivity index (χ4v) is 5.02. The largest absolute Gasteiger partial charge is 0.703 e. The minimum Gasteiger partial charge on any atom is -0.483 e. The summed E-state index contributed by atoms with van der Waals surface area (Å²) in [6.07, 6.45) is 2.30. The first kappa shape index (κ1) is 22.8. The maximum absolute atomic E-state index is 10.0. The molecule has 0 bridgehead atoms. The lowest BCUT2D eigenvalue weighted by atomic mass is 10.3. The van der Waals surface area contributed by atoms with Gasteiger partial charge in [-0.25, -0.2) is 0 Å². The van der Waals surface area contributed by atoms with Crippen LogP contribution < -0.4 is 13.3 Å². The molecule has 0 aliphatic carbocycles. The van der Waals surface area contributed by atoms with Gasteiger partial charge in [0.05, 0.1) is 18.9 Å². The van der Waals surface area contributed by atoms with Crippen molar-refractivity contribution < 1.29 is 27.6 Å². The normalized spacial score (nSPS) is 12.8. The minimum absolute atomic E-state index is 0.263. The van der Waals surface area contributed by atoms with E-state index in [4.69, 9.17) is 13.3 Å². The van der Waals surface area contributed by atoms with Crippen molar-refractivity contribution in [3.05, 3.63) is 104 Å². The first-order valence-corrected chi connectivity index (χ1v) is 12.1. The maximum atomic E-state index is 10.0. The summed E-state index contributed by atoms with van der Waals surface area (Å²) in [6, 6.07) is 29.2. The predicted octanol–water partition coefficient (Wildman–Crippen LogP) is 5.20. The smallest absolute Gasteiger partial charge is 0.483 e. The number of rotatable bonds is 8. The molecule has 1 aliphatic rings. The lowest BCUT2D eigenvalue weighted by Crippen LogP contribution is -2.54. The molecule has 1 aliphatic heterocycles. The number of hydrogen-bond donors (Lipinski definition) is 0. The molecule has 0 aromatic heterocycles. The number of cyclic esters (lactones) is 2. The Morgan fingerprint density at radius 1 is 0.688 bits per heavy atom. The quantitative estimate of drug-likeness (QED) is 0.204. The summed E-state index contributed by atoms with van der Waals surface area (Å²) in [7, 11) is -3.14. The summed E-state index contributed by atoms with van der Waals surface area (Å²) >= 11 is 0. The van der Waals surface area contributed by atoms with Gasteiger partial charge in [-0.15, -0.1) is 6.58 Å². The summed E-state index contributed by atoms with van der Waals surface area (Å²) in [5.41, 5.74) is 0. The van der Waals surface area contributed by atoms with Gasteiger partial charge >= 0.3 is 20.7 Å². The number of ether oxygens (including phenoxy) is 1. The van der Waals surface area contributed by atoms with Gasteiger partial charge in [-0.3, -0.25) is 9.59 Å². The van der Waals surface area contributed by atoms with Crippen LogP contribution >= 0.6 is 0 Å². The Morgan fingerprint density at radius 2 is 1.03 bits per heavy atom. The van der Waals surface area contributed by atoms with Gasteiger partial charge in [-0.1, -0.05) is 60.7 Å². The van der Waals surface area contributed by atoms with Crippen LogP contribution in [0.2, 0.25) is 6.04 Å². The lowest BCUT2D eigenvalue weighted by molar-refractivity contribution is -0.151. The molecule has 0 radical (unpaired) electrons. The molecule has 164 valence electrons. The molecule has 0 atom stereocenters. The van der Waals surface area contributed by atoms with Gasteiger partial charge < -0.3 is 18.0 Å². The molecule has 0 N–H and O–H groups in total. The van der Waals surface area contributed by atoms with Crippen LogP contribution in [0.4, 0.5) is 0 Å². The van der Waals surface area contributed by atoms with Crippen LogP contribution in [0.3, 0.4) is 0 Å². The molecule has 1 fully saturated rings. The third-order valence-corrected chi connectivity index (χ3v) is 6.63. The zero-order chi connectivity index (χ0) is 22.7. The second-order valence-corrected chi connectivity index (χ2v) is 9.15. The highest BCUT2D eigenvalue weighted by Crippen LogP contribution is 2.26. The zero-order valence-electron chi connectivity index (χ0n) is 17.5.